The Kier molecular flexibility index (Phi) is 11.9. The average molecular weight is 459 g/mol. The van der Waals surface area contributed by atoms with E-state index in [0.29, 0.717) is 91.1 Å². The summed E-state index contributed by atoms with van der Waals surface area (Å²) in [4.78, 5) is 12.1. The molecule has 32 heavy (non-hydrogen) atoms. The molecule has 1 saturated carbocycles. The Bertz CT molecular complexity index is 548. The van der Waals surface area contributed by atoms with E-state index in [4.69, 9.17) is 37.9 Å². The highest BCUT2D eigenvalue weighted by atomic mass is 16.7. The molecule has 3 aliphatic rings. The van der Waals surface area contributed by atoms with Gasteiger partial charge in [0.2, 0.25) is 0 Å². The molecule has 1 aliphatic heterocycles. The molecule has 1 saturated heterocycles. The van der Waals surface area contributed by atoms with Gasteiger partial charge in [-0.3, -0.25) is 4.79 Å². The van der Waals surface area contributed by atoms with Gasteiger partial charge in [0.15, 0.2) is 6.29 Å². The lowest BCUT2D eigenvalue weighted by Gasteiger charge is -2.29. The third-order valence-corrected chi connectivity index (χ3v) is 5.87. The van der Waals surface area contributed by atoms with E-state index in [2.05, 4.69) is 12.2 Å². The van der Waals surface area contributed by atoms with Crippen molar-refractivity contribution in [3.63, 3.8) is 0 Å². The summed E-state index contributed by atoms with van der Waals surface area (Å²) in [5, 5.41) is 0. The first-order valence-electron chi connectivity index (χ1n) is 11.6. The maximum absolute atomic E-state index is 12.1. The molecule has 0 amide bonds. The van der Waals surface area contributed by atoms with Crippen LogP contribution in [0.4, 0.5) is 0 Å². The number of methoxy groups -OCH3 is 1. The number of allylic oxidation sites excluding steroid dienone is 2. The molecule has 0 aromatic heterocycles. The van der Waals surface area contributed by atoms with E-state index in [0.717, 1.165) is 12.8 Å². The van der Waals surface area contributed by atoms with Crippen LogP contribution in [0.25, 0.3) is 0 Å². The second kappa shape index (κ2) is 15.0. The van der Waals surface area contributed by atoms with Gasteiger partial charge in [-0.25, -0.2) is 0 Å². The van der Waals surface area contributed by atoms with Crippen molar-refractivity contribution in [3.8, 4) is 0 Å². The Balaban J connectivity index is 1.07. The lowest BCUT2D eigenvalue weighted by molar-refractivity contribution is -0.228. The molecule has 2 bridgehead atoms. The molecule has 0 spiro atoms. The summed E-state index contributed by atoms with van der Waals surface area (Å²) < 4.78 is 43.5. The monoisotopic (exact) mass is 458 g/mol. The molecular weight excluding hydrogens is 420 g/mol. The molecule has 0 N–H and O–H groups in total. The zero-order valence-electron chi connectivity index (χ0n) is 19.1. The molecule has 3 rings (SSSR count). The number of fused-ring (bicyclic) bond motifs is 2. The van der Waals surface area contributed by atoms with E-state index in [1.54, 1.807) is 7.11 Å². The topological polar surface area (TPSA) is 90.9 Å². The molecule has 3 unspecified atom stereocenters. The van der Waals surface area contributed by atoms with Crippen molar-refractivity contribution in [3.05, 3.63) is 12.2 Å². The summed E-state index contributed by atoms with van der Waals surface area (Å²) in [7, 11) is 1.64. The smallest absolute Gasteiger partial charge is 0.309 e. The quantitative estimate of drug-likeness (QED) is 0.182. The second-order valence-corrected chi connectivity index (χ2v) is 8.38. The van der Waals surface area contributed by atoms with Crippen molar-refractivity contribution in [2.24, 2.45) is 23.7 Å². The predicted molar refractivity (Wildman–Crippen MR) is 114 cm³/mol. The van der Waals surface area contributed by atoms with Crippen LogP contribution in [-0.2, 0) is 42.7 Å². The minimum absolute atomic E-state index is 0.0412. The Labute approximate surface area is 190 Å². The van der Waals surface area contributed by atoms with E-state index < -0.39 is 0 Å². The van der Waals surface area contributed by atoms with Crippen LogP contribution in [0.3, 0.4) is 0 Å². The summed E-state index contributed by atoms with van der Waals surface area (Å²) in [5.41, 5.74) is 0. The van der Waals surface area contributed by atoms with E-state index in [-0.39, 0.29) is 24.1 Å². The van der Waals surface area contributed by atoms with Crippen LogP contribution in [0.5, 0.6) is 0 Å². The fraction of sp³-hybridized carbons (Fsp3) is 0.870. The van der Waals surface area contributed by atoms with E-state index in [1.165, 1.54) is 0 Å². The number of carbonyl (C=O) groups excluding carboxylic acids is 1. The molecule has 184 valence electrons. The van der Waals surface area contributed by atoms with E-state index >= 15 is 0 Å². The lowest BCUT2D eigenvalue weighted by Crippen LogP contribution is -2.37. The van der Waals surface area contributed by atoms with Crippen molar-refractivity contribution in [2.45, 2.75) is 19.1 Å². The van der Waals surface area contributed by atoms with Gasteiger partial charge >= 0.3 is 5.97 Å². The van der Waals surface area contributed by atoms with Crippen LogP contribution in [0.1, 0.15) is 12.8 Å². The first-order chi connectivity index (χ1) is 15.8. The zero-order valence-corrected chi connectivity index (χ0v) is 19.1. The van der Waals surface area contributed by atoms with Gasteiger partial charge in [0.05, 0.1) is 78.6 Å². The van der Waals surface area contributed by atoms with Crippen LogP contribution in [0.15, 0.2) is 12.2 Å². The highest BCUT2D eigenvalue weighted by Gasteiger charge is 2.40. The molecule has 9 nitrogen and oxygen atoms in total. The Morgan fingerprint density at radius 3 is 2.12 bits per heavy atom. The normalized spacial score (nSPS) is 29.0. The van der Waals surface area contributed by atoms with Crippen molar-refractivity contribution in [1.82, 2.24) is 0 Å². The molecule has 0 aromatic rings. The number of esters is 1. The molecular formula is C23H38O9. The fourth-order valence-electron chi connectivity index (χ4n) is 4.15. The third kappa shape index (κ3) is 9.05. The molecule has 2 fully saturated rings. The minimum Gasteiger partial charge on any atom is -0.463 e. The third-order valence-electron chi connectivity index (χ3n) is 5.87. The van der Waals surface area contributed by atoms with E-state index in [1.807, 2.05) is 0 Å². The molecule has 9 heteroatoms. The number of hydrogen-bond donors (Lipinski definition) is 0. The minimum atomic E-state index is -0.341. The first kappa shape index (κ1) is 25.6. The number of ether oxygens (including phenoxy) is 8. The second-order valence-electron chi connectivity index (χ2n) is 8.38. The van der Waals surface area contributed by atoms with Gasteiger partial charge in [-0.15, -0.1) is 0 Å². The van der Waals surface area contributed by atoms with Crippen LogP contribution >= 0.6 is 0 Å². The van der Waals surface area contributed by atoms with Crippen LogP contribution in [0, 0.1) is 23.7 Å². The van der Waals surface area contributed by atoms with Crippen molar-refractivity contribution < 1.29 is 42.7 Å². The van der Waals surface area contributed by atoms with Gasteiger partial charge in [0, 0.05) is 13.0 Å². The van der Waals surface area contributed by atoms with Gasteiger partial charge in [-0.05, 0) is 24.7 Å². The highest BCUT2D eigenvalue weighted by molar-refractivity contribution is 5.74. The fourth-order valence-corrected chi connectivity index (χ4v) is 4.15. The van der Waals surface area contributed by atoms with Crippen LogP contribution in [-0.4, -0.2) is 98.7 Å². The van der Waals surface area contributed by atoms with Gasteiger partial charge in [-0.2, -0.15) is 0 Å². The van der Waals surface area contributed by atoms with Crippen molar-refractivity contribution >= 4 is 5.97 Å². The lowest BCUT2D eigenvalue weighted by atomic mass is 9.94. The first-order valence-corrected chi connectivity index (χ1v) is 11.6. The standard InChI is InChI=1S/C23H38O9/c1-25-4-5-26-7-9-29-17-22-31-15-19(16-32-22)14-28-8-6-27-10-11-30-23(24)21-13-18-2-3-20(21)12-18/h2-3,18-22H,4-17H2,1H3. The summed E-state index contributed by atoms with van der Waals surface area (Å²) in [6.07, 6.45) is 6.07. The highest BCUT2D eigenvalue weighted by Crippen LogP contribution is 2.43. The van der Waals surface area contributed by atoms with Crippen LogP contribution in [0.2, 0.25) is 0 Å². The summed E-state index contributed by atoms with van der Waals surface area (Å²) in [6, 6.07) is 0. The largest absolute Gasteiger partial charge is 0.463 e. The SMILES string of the molecule is COCCOCCOCC1OCC(COCCOCCOC(=O)C2CC3C=CC2C3)CO1. The molecule has 0 radical (unpaired) electrons. The summed E-state index contributed by atoms with van der Waals surface area (Å²) in [6.45, 7) is 5.89. The Hall–Kier alpha value is -1.07. The van der Waals surface area contributed by atoms with Crippen molar-refractivity contribution in [2.75, 3.05) is 86.4 Å². The van der Waals surface area contributed by atoms with Crippen molar-refractivity contribution in [1.29, 1.82) is 0 Å². The van der Waals surface area contributed by atoms with Crippen LogP contribution < -0.4 is 0 Å². The summed E-state index contributed by atoms with van der Waals surface area (Å²) in [5.74, 6) is 1.10. The summed E-state index contributed by atoms with van der Waals surface area (Å²) >= 11 is 0. The van der Waals surface area contributed by atoms with E-state index in [9.17, 15) is 4.79 Å². The average Bonchev–Trinajstić information content (AvgIpc) is 3.45. The number of hydrogen-bond acceptors (Lipinski definition) is 9. The van der Waals surface area contributed by atoms with Gasteiger partial charge < -0.3 is 37.9 Å². The molecule has 2 aliphatic carbocycles. The number of rotatable bonds is 17. The maximum atomic E-state index is 12.1. The maximum Gasteiger partial charge on any atom is 0.309 e. The van der Waals surface area contributed by atoms with Gasteiger partial charge in [0.25, 0.3) is 0 Å². The van der Waals surface area contributed by atoms with Gasteiger partial charge in [-0.1, -0.05) is 12.2 Å². The molecule has 3 atom stereocenters. The predicted octanol–water partition coefficient (Wildman–Crippen LogP) is 1.44. The number of carbonyl (C=O) groups is 1. The molecule has 1 heterocycles. The zero-order chi connectivity index (χ0) is 22.4. The van der Waals surface area contributed by atoms with Gasteiger partial charge in [0.1, 0.15) is 6.61 Å². The Morgan fingerprint density at radius 1 is 0.812 bits per heavy atom. The molecule has 0 aromatic carbocycles. The Morgan fingerprint density at radius 2 is 1.47 bits per heavy atom.